The van der Waals surface area contributed by atoms with E-state index in [2.05, 4.69) is 30.0 Å². The van der Waals surface area contributed by atoms with Gasteiger partial charge in [0, 0.05) is 38.0 Å². The minimum absolute atomic E-state index is 0.116. The Morgan fingerprint density at radius 1 is 1.37 bits per heavy atom. The van der Waals surface area contributed by atoms with Crippen molar-refractivity contribution >= 4 is 5.69 Å². The van der Waals surface area contributed by atoms with Crippen LogP contribution in [-0.2, 0) is 11.2 Å². The summed E-state index contributed by atoms with van der Waals surface area (Å²) in [5, 5.41) is 0. The fraction of sp³-hybridized carbons (Fsp3) is 0.625. The lowest BCUT2D eigenvalue weighted by Crippen LogP contribution is -2.32. The molecule has 1 unspecified atom stereocenters. The van der Waals surface area contributed by atoms with Crippen LogP contribution in [0.3, 0.4) is 0 Å². The molecule has 0 aromatic heterocycles. The third-order valence-electron chi connectivity index (χ3n) is 4.43. The van der Waals surface area contributed by atoms with Gasteiger partial charge >= 0.3 is 0 Å². The maximum Gasteiger partial charge on any atom is 0.0469 e. The van der Waals surface area contributed by atoms with Crippen LogP contribution in [-0.4, -0.2) is 26.3 Å². The molecule has 0 spiro atoms. The van der Waals surface area contributed by atoms with Crippen LogP contribution in [0.15, 0.2) is 18.2 Å². The monoisotopic (exact) mass is 260 g/mol. The molecule has 0 saturated carbocycles. The van der Waals surface area contributed by atoms with E-state index in [1.807, 2.05) is 0 Å². The molecule has 1 saturated heterocycles. The van der Waals surface area contributed by atoms with Gasteiger partial charge in [0.05, 0.1) is 0 Å². The van der Waals surface area contributed by atoms with Gasteiger partial charge in [-0.05, 0) is 43.2 Å². The van der Waals surface area contributed by atoms with Crippen LogP contribution in [0.2, 0.25) is 0 Å². The van der Waals surface area contributed by atoms with Crippen molar-refractivity contribution < 1.29 is 4.74 Å². The number of fused-ring (bicyclic) bond motifs is 1. The Morgan fingerprint density at radius 3 is 2.89 bits per heavy atom. The molecule has 0 bridgehead atoms. The Balaban J connectivity index is 1.80. The third kappa shape index (κ3) is 2.63. The van der Waals surface area contributed by atoms with Crippen LogP contribution >= 0.6 is 0 Å². The zero-order valence-electron chi connectivity index (χ0n) is 11.8. The molecule has 1 aromatic rings. The SMILES string of the molecule is CC(N)c1cccc2c1N(CC1CCOCC1)CC2. The first-order valence-corrected chi connectivity index (χ1v) is 7.46. The number of hydrogen-bond acceptors (Lipinski definition) is 3. The first-order chi connectivity index (χ1) is 9.25. The van der Waals surface area contributed by atoms with Crippen molar-refractivity contribution in [2.24, 2.45) is 11.7 Å². The molecule has 3 heteroatoms. The van der Waals surface area contributed by atoms with Crippen molar-refractivity contribution in [2.75, 3.05) is 31.2 Å². The molecule has 2 N–H and O–H groups in total. The second-order valence-corrected chi connectivity index (χ2v) is 5.90. The number of rotatable bonds is 3. The van der Waals surface area contributed by atoms with Crippen LogP contribution < -0.4 is 10.6 Å². The van der Waals surface area contributed by atoms with Gasteiger partial charge in [0.15, 0.2) is 0 Å². The van der Waals surface area contributed by atoms with Gasteiger partial charge in [0.1, 0.15) is 0 Å². The Hall–Kier alpha value is -1.06. The summed E-state index contributed by atoms with van der Waals surface area (Å²) in [7, 11) is 0. The van der Waals surface area contributed by atoms with Gasteiger partial charge in [0.25, 0.3) is 0 Å². The van der Waals surface area contributed by atoms with Crippen molar-refractivity contribution in [1.82, 2.24) is 0 Å². The molecule has 3 rings (SSSR count). The predicted octanol–water partition coefficient (Wildman–Crippen LogP) is 2.50. The van der Waals surface area contributed by atoms with E-state index < -0.39 is 0 Å². The van der Waals surface area contributed by atoms with E-state index >= 15 is 0 Å². The molecule has 0 aliphatic carbocycles. The summed E-state index contributed by atoms with van der Waals surface area (Å²) in [5.74, 6) is 0.779. The van der Waals surface area contributed by atoms with E-state index in [9.17, 15) is 0 Å². The van der Waals surface area contributed by atoms with E-state index in [0.717, 1.165) is 25.7 Å². The highest BCUT2D eigenvalue weighted by molar-refractivity contribution is 5.64. The lowest BCUT2D eigenvalue weighted by Gasteiger charge is -2.30. The summed E-state index contributed by atoms with van der Waals surface area (Å²) < 4.78 is 5.46. The zero-order valence-corrected chi connectivity index (χ0v) is 11.8. The van der Waals surface area contributed by atoms with Gasteiger partial charge in [-0.2, -0.15) is 0 Å². The Kier molecular flexibility index (Phi) is 3.76. The summed E-state index contributed by atoms with van der Waals surface area (Å²) in [5.41, 5.74) is 10.3. The van der Waals surface area contributed by atoms with Crippen molar-refractivity contribution in [3.05, 3.63) is 29.3 Å². The number of nitrogens with zero attached hydrogens (tertiary/aromatic N) is 1. The number of para-hydroxylation sites is 1. The third-order valence-corrected chi connectivity index (χ3v) is 4.43. The molecule has 104 valence electrons. The molecule has 0 radical (unpaired) electrons. The highest BCUT2D eigenvalue weighted by Gasteiger charge is 2.26. The van der Waals surface area contributed by atoms with E-state index in [-0.39, 0.29) is 6.04 Å². The van der Waals surface area contributed by atoms with Gasteiger partial charge in [-0.25, -0.2) is 0 Å². The second kappa shape index (κ2) is 5.51. The van der Waals surface area contributed by atoms with Crippen LogP contribution in [0.25, 0.3) is 0 Å². The smallest absolute Gasteiger partial charge is 0.0469 e. The Morgan fingerprint density at radius 2 is 2.16 bits per heavy atom. The molecule has 1 fully saturated rings. The minimum Gasteiger partial charge on any atom is -0.381 e. The number of nitrogens with two attached hydrogens (primary N) is 1. The fourth-order valence-corrected chi connectivity index (χ4v) is 3.36. The second-order valence-electron chi connectivity index (χ2n) is 5.90. The summed E-state index contributed by atoms with van der Waals surface area (Å²) in [6.07, 6.45) is 3.57. The number of hydrogen-bond donors (Lipinski definition) is 1. The van der Waals surface area contributed by atoms with Gasteiger partial charge in [-0.15, -0.1) is 0 Å². The van der Waals surface area contributed by atoms with Crippen molar-refractivity contribution in [3.8, 4) is 0 Å². The van der Waals surface area contributed by atoms with Crippen LogP contribution in [0.1, 0.15) is 36.9 Å². The number of anilines is 1. The highest BCUT2D eigenvalue weighted by atomic mass is 16.5. The van der Waals surface area contributed by atoms with Gasteiger partial charge in [0.2, 0.25) is 0 Å². The minimum atomic E-state index is 0.116. The molecule has 2 aliphatic heterocycles. The van der Waals surface area contributed by atoms with Crippen LogP contribution in [0.4, 0.5) is 5.69 Å². The van der Waals surface area contributed by atoms with Crippen LogP contribution in [0.5, 0.6) is 0 Å². The maximum absolute atomic E-state index is 6.14. The van der Waals surface area contributed by atoms with E-state index in [1.54, 1.807) is 0 Å². The largest absolute Gasteiger partial charge is 0.381 e. The standard InChI is InChI=1S/C16H24N2O/c1-12(17)15-4-2-3-14-5-8-18(16(14)15)11-13-6-9-19-10-7-13/h2-4,12-13H,5-11,17H2,1H3. The molecule has 1 atom stereocenters. The summed E-state index contributed by atoms with van der Waals surface area (Å²) in [4.78, 5) is 2.56. The Labute approximate surface area is 115 Å². The quantitative estimate of drug-likeness (QED) is 0.907. The molecular weight excluding hydrogens is 236 g/mol. The number of ether oxygens (including phenoxy) is 1. The van der Waals surface area contributed by atoms with Crippen molar-refractivity contribution in [3.63, 3.8) is 0 Å². The summed E-state index contributed by atoms with van der Waals surface area (Å²) in [6, 6.07) is 6.71. The summed E-state index contributed by atoms with van der Waals surface area (Å²) in [6.45, 7) is 6.26. The molecule has 2 aliphatic rings. The van der Waals surface area contributed by atoms with E-state index in [0.29, 0.717) is 0 Å². The molecule has 2 heterocycles. The topological polar surface area (TPSA) is 38.5 Å². The lowest BCUT2D eigenvalue weighted by molar-refractivity contribution is 0.0683. The molecule has 19 heavy (non-hydrogen) atoms. The number of benzene rings is 1. The molecular formula is C16H24N2O. The van der Waals surface area contributed by atoms with Gasteiger partial charge < -0.3 is 15.4 Å². The normalized spacial score (nSPS) is 21.5. The molecule has 0 amide bonds. The van der Waals surface area contributed by atoms with E-state index in [1.165, 1.54) is 42.6 Å². The molecule has 3 nitrogen and oxygen atoms in total. The Bertz CT molecular complexity index is 438. The fourth-order valence-electron chi connectivity index (χ4n) is 3.36. The average Bonchev–Trinajstić information content (AvgIpc) is 2.83. The van der Waals surface area contributed by atoms with Crippen molar-refractivity contribution in [1.29, 1.82) is 0 Å². The maximum atomic E-state index is 6.14. The molecule has 1 aromatic carbocycles. The van der Waals surface area contributed by atoms with Gasteiger partial charge in [-0.3, -0.25) is 0 Å². The van der Waals surface area contributed by atoms with Crippen molar-refractivity contribution in [2.45, 2.75) is 32.2 Å². The van der Waals surface area contributed by atoms with Gasteiger partial charge in [-0.1, -0.05) is 18.2 Å². The van der Waals surface area contributed by atoms with E-state index in [4.69, 9.17) is 10.5 Å². The first-order valence-electron chi connectivity index (χ1n) is 7.46. The van der Waals surface area contributed by atoms with Crippen LogP contribution in [0, 0.1) is 5.92 Å². The zero-order chi connectivity index (χ0) is 13.2. The average molecular weight is 260 g/mol. The summed E-state index contributed by atoms with van der Waals surface area (Å²) >= 11 is 0. The highest BCUT2D eigenvalue weighted by Crippen LogP contribution is 2.35. The first kappa shape index (κ1) is 12.9. The lowest BCUT2D eigenvalue weighted by atomic mass is 9.98. The predicted molar refractivity (Wildman–Crippen MR) is 78.5 cm³/mol.